The average molecular weight is 202 g/mol. The molecule has 1 rings (SSSR count). The highest BCUT2D eigenvalue weighted by molar-refractivity contribution is 5.53. The van der Waals surface area contributed by atoms with Crippen LogP contribution in [0.5, 0.6) is 0 Å². The molecule has 0 amide bonds. The van der Waals surface area contributed by atoms with E-state index in [1.165, 1.54) is 23.0 Å². The number of aliphatic imine (C=N–C) groups is 1. The Kier molecular flexibility index (Phi) is 4.10. The minimum absolute atomic E-state index is 0.908. The molecule has 0 aliphatic rings. The lowest BCUT2D eigenvalue weighted by atomic mass is 10.0. The molecule has 0 heterocycles. The fourth-order valence-electron chi connectivity index (χ4n) is 1.62. The molecular weight excluding hydrogens is 184 g/mol. The number of hydrogen-bond donors (Lipinski definition) is 1. The van der Waals surface area contributed by atoms with Crippen LogP contribution in [-0.2, 0) is 6.42 Å². The molecule has 15 heavy (non-hydrogen) atoms. The van der Waals surface area contributed by atoms with Crippen LogP contribution in [0.2, 0.25) is 0 Å². The van der Waals surface area contributed by atoms with E-state index >= 15 is 0 Å². The molecule has 1 aromatic carbocycles. The average Bonchev–Trinajstić information content (AvgIpc) is 2.14. The van der Waals surface area contributed by atoms with E-state index in [1.54, 1.807) is 0 Å². The van der Waals surface area contributed by atoms with Crippen molar-refractivity contribution >= 4 is 6.34 Å². The summed E-state index contributed by atoms with van der Waals surface area (Å²) in [6, 6.07) is 6.57. The number of benzene rings is 1. The van der Waals surface area contributed by atoms with Crippen LogP contribution in [0.1, 0.15) is 23.6 Å². The lowest BCUT2D eigenvalue weighted by Crippen LogP contribution is -1.89. The van der Waals surface area contributed by atoms with Crippen molar-refractivity contribution in [1.29, 1.82) is 0 Å². The van der Waals surface area contributed by atoms with E-state index < -0.39 is 0 Å². The van der Waals surface area contributed by atoms with Gasteiger partial charge in [-0.2, -0.15) is 0 Å². The SMILES string of the molecule is CC(=CCc1cc(C)cc(C)c1)N=CN. The Morgan fingerprint density at radius 3 is 2.40 bits per heavy atom. The first kappa shape index (κ1) is 11.5. The topological polar surface area (TPSA) is 38.4 Å². The first-order valence-electron chi connectivity index (χ1n) is 5.10. The van der Waals surface area contributed by atoms with Crippen LogP contribution in [0, 0.1) is 13.8 Å². The molecule has 2 N–H and O–H groups in total. The maximum absolute atomic E-state index is 5.21. The summed E-state index contributed by atoms with van der Waals surface area (Å²) < 4.78 is 0. The molecule has 0 aliphatic carbocycles. The molecule has 2 nitrogen and oxygen atoms in total. The first-order valence-corrected chi connectivity index (χ1v) is 5.10. The van der Waals surface area contributed by atoms with E-state index in [0.29, 0.717) is 0 Å². The molecule has 0 saturated heterocycles. The minimum Gasteiger partial charge on any atom is -0.390 e. The van der Waals surface area contributed by atoms with Crippen molar-refractivity contribution in [1.82, 2.24) is 0 Å². The lowest BCUT2D eigenvalue weighted by Gasteiger charge is -2.02. The maximum Gasteiger partial charge on any atom is 0.0855 e. The van der Waals surface area contributed by atoms with E-state index in [1.807, 2.05) is 6.92 Å². The van der Waals surface area contributed by atoms with Crippen molar-refractivity contribution in [3.05, 3.63) is 46.7 Å². The largest absolute Gasteiger partial charge is 0.390 e. The summed E-state index contributed by atoms with van der Waals surface area (Å²) in [5.41, 5.74) is 10.1. The smallest absolute Gasteiger partial charge is 0.0855 e. The predicted octanol–water partition coefficient (Wildman–Crippen LogP) is 2.74. The third kappa shape index (κ3) is 3.98. The summed E-state index contributed by atoms with van der Waals surface area (Å²) >= 11 is 0. The van der Waals surface area contributed by atoms with E-state index in [9.17, 15) is 0 Å². The zero-order valence-electron chi connectivity index (χ0n) is 9.62. The van der Waals surface area contributed by atoms with Gasteiger partial charge in [-0.3, -0.25) is 0 Å². The number of rotatable bonds is 3. The second kappa shape index (κ2) is 5.35. The molecule has 0 spiro atoms. The lowest BCUT2D eigenvalue weighted by molar-refractivity contribution is 1.17. The number of hydrogen-bond acceptors (Lipinski definition) is 1. The Bertz CT molecular complexity index is 369. The maximum atomic E-state index is 5.21. The quantitative estimate of drug-likeness (QED) is 0.594. The van der Waals surface area contributed by atoms with Gasteiger partial charge in [-0.1, -0.05) is 35.4 Å². The number of nitrogens with zero attached hydrogens (tertiary/aromatic N) is 1. The fourth-order valence-corrected chi connectivity index (χ4v) is 1.62. The van der Waals surface area contributed by atoms with Gasteiger partial charge in [0.15, 0.2) is 0 Å². The molecule has 0 atom stereocenters. The molecule has 0 aromatic heterocycles. The monoisotopic (exact) mass is 202 g/mol. The Morgan fingerprint density at radius 1 is 1.27 bits per heavy atom. The van der Waals surface area contributed by atoms with Crippen molar-refractivity contribution in [3.63, 3.8) is 0 Å². The van der Waals surface area contributed by atoms with Crippen molar-refractivity contribution in [2.75, 3.05) is 0 Å². The molecule has 80 valence electrons. The van der Waals surface area contributed by atoms with E-state index in [2.05, 4.69) is 43.1 Å². The van der Waals surface area contributed by atoms with Gasteiger partial charge in [0.1, 0.15) is 0 Å². The van der Waals surface area contributed by atoms with E-state index in [0.717, 1.165) is 12.1 Å². The van der Waals surface area contributed by atoms with E-state index in [4.69, 9.17) is 5.73 Å². The minimum atomic E-state index is 0.908. The van der Waals surface area contributed by atoms with Crippen LogP contribution in [0.15, 0.2) is 35.0 Å². The zero-order chi connectivity index (χ0) is 11.3. The van der Waals surface area contributed by atoms with Gasteiger partial charge in [0.05, 0.1) is 6.34 Å². The van der Waals surface area contributed by atoms with Crippen molar-refractivity contribution < 1.29 is 0 Å². The molecule has 0 radical (unpaired) electrons. The van der Waals surface area contributed by atoms with Gasteiger partial charge >= 0.3 is 0 Å². The van der Waals surface area contributed by atoms with Crippen LogP contribution < -0.4 is 5.73 Å². The normalized spacial score (nSPS) is 12.3. The molecule has 2 heteroatoms. The summed E-state index contributed by atoms with van der Waals surface area (Å²) in [6.45, 7) is 6.18. The highest BCUT2D eigenvalue weighted by atomic mass is 14.8. The summed E-state index contributed by atoms with van der Waals surface area (Å²) in [6.07, 6.45) is 4.32. The van der Waals surface area contributed by atoms with Crippen LogP contribution >= 0.6 is 0 Å². The predicted molar refractivity (Wildman–Crippen MR) is 66.1 cm³/mol. The molecule has 0 unspecified atom stereocenters. The van der Waals surface area contributed by atoms with Crippen LogP contribution in [0.4, 0.5) is 0 Å². The second-order valence-electron chi connectivity index (χ2n) is 3.82. The van der Waals surface area contributed by atoms with Gasteiger partial charge in [-0.25, -0.2) is 4.99 Å². The molecule has 0 saturated carbocycles. The van der Waals surface area contributed by atoms with Gasteiger partial charge in [0.2, 0.25) is 0 Å². The molecular formula is C13H18N2. The number of nitrogens with two attached hydrogens (primary N) is 1. The van der Waals surface area contributed by atoms with Gasteiger partial charge < -0.3 is 5.73 Å². The van der Waals surface area contributed by atoms with Gasteiger partial charge in [-0.05, 0) is 32.8 Å². The summed E-state index contributed by atoms with van der Waals surface area (Å²) in [5.74, 6) is 0. The Balaban J connectivity index is 2.77. The van der Waals surface area contributed by atoms with Crippen molar-refractivity contribution in [2.24, 2.45) is 10.7 Å². The van der Waals surface area contributed by atoms with Crippen LogP contribution in [0.25, 0.3) is 0 Å². The molecule has 0 aliphatic heterocycles. The molecule has 0 bridgehead atoms. The molecule has 0 fully saturated rings. The Morgan fingerprint density at radius 2 is 1.87 bits per heavy atom. The van der Waals surface area contributed by atoms with Crippen LogP contribution in [-0.4, -0.2) is 6.34 Å². The van der Waals surface area contributed by atoms with E-state index in [-0.39, 0.29) is 0 Å². The third-order valence-electron chi connectivity index (χ3n) is 2.19. The summed E-state index contributed by atoms with van der Waals surface area (Å²) in [4.78, 5) is 4.00. The second-order valence-corrected chi connectivity index (χ2v) is 3.82. The van der Waals surface area contributed by atoms with Crippen molar-refractivity contribution in [3.8, 4) is 0 Å². The number of allylic oxidation sites excluding steroid dienone is 2. The fraction of sp³-hybridized carbons (Fsp3) is 0.308. The van der Waals surface area contributed by atoms with Crippen LogP contribution in [0.3, 0.4) is 0 Å². The third-order valence-corrected chi connectivity index (χ3v) is 2.19. The summed E-state index contributed by atoms with van der Waals surface area (Å²) in [5, 5.41) is 0. The van der Waals surface area contributed by atoms with Gasteiger partial charge in [-0.15, -0.1) is 0 Å². The first-order chi connectivity index (χ1) is 7.11. The standard InChI is InChI=1S/C13H18N2/c1-10-6-11(2)8-13(7-10)5-4-12(3)15-9-14/h4,6-9H,5H2,1-3H3,(H2,14,15). The van der Waals surface area contributed by atoms with Gasteiger partial charge in [0.25, 0.3) is 0 Å². The Hall–Kier alpha value is -1.57. The highest BCUT2D eigenvalue weighted by Crippen LogP contribution is 2.10. The van der Waals surface area contributed by atoms with Gasteiger partial charge in [0, 0.05) is 5.70 Å². The highest BCUT2D eigenvalue weighted by Gasteiger charge is 1.94. The zero-order valence-corrected chi connectivity index (χ0v) is 9.62. The summed E-state index contributed by atoms with van der Waals surface area (Å²) in [7, 11) is 0. The Labute approximate surface area is 91.5 Å². The number of aryl methyl sites for hydroxylation is 2. The molecule has 1 aromatic rings. The van der Waals surface area contributed by atoms with Crippen molar-refractivity contribution in [2.45, 2.75) is 27.2 Å².